The zero-order valence-electron chi connectivity index (χ0n) is 18.5. The van der Waals surface area contributed by atoms with Gasteiger partial charge in [-0.2, -0.15) is 0 Å². The maximum Gasteiger partial charge on any atom is 0.163 e. The number of methoxy groups -OCH3 is 1. The van der Waals surface area contributed by atoms with Crippen molar-refractivity contribution in [2.24, 2.45) is 0 Å². The highest BCUT2D eigenvalue weighted by atomic mass is 16.5. The molecule has 0 amide bonds. The molecular weight excluding hydrogens is 402 g/mol. The van der Waals surface area contributed by atoms with Gasteiger partial charge in [-0.25, -0.2) is 0 Å². The molecule has 3 aromatic rings. The number of furan rings is 1. The molecular formula is C26H29N3O3. The number of benzene rings is 1. The topological polar surface area (TPSA) is 58.8 Å². The minimum atomic E-state index is 0.241. The van der Waals surface area contributed by atoms with Gasteiger partial charge >= 0.3 is 0 Å². The van der Waals surface area contributed by atoms with E-state index in [1.54, 1.807) is 7.11 Å². The fourth-order valence-electron chi connectivity index (χ4n) is 4.69. The Kier molecular flexibility index (Phi) is 6.17. The summed E-state index contributed by atoms with van der Waals surface area (Å²) in [7, 11) is 1.75. The second-order valence-electron chi connectivity index (χ2n) is 8.60. The van der Waals surface area contributed by atoms with E-state index < -0.39 is 0 Å². The molecule has 1 saturated heterocycles. The van der Waals surface area contributed by atoms with Gasteiger partial charge in [0.25, 0.3) is 0 Å². The van der Waals surface area contributed by atoms with Crippen LogP contribution in [0, 0.1) is 0 Å². The van der Waals surface area contributed by atoms with Crippen LogP contribution in [0.3, 0.4) is 0 Å². The Morgan fingerprint density at radius 3 is 2.50 bits per heavy atom. The maximum absolute atomic E-state index is 12.1. The second-order valence-corrected chi connectivity index (χ2v) is 8.60. The van der Waals surface area contributed by atoms with Crippen molar-refractivity contribution in [3.63, 3.8) is 0 Å². The number of rotatable bonds is 7. The number of fused-ring (bicyclic) bond motifs is 1. The van der Waals surface area contributed by atoms with Crippen LogP contribution in [-0.4, -0.2) is 67.0 Å². The average Bonchev–Trinajstić information content (AvgIpc) is 3.42. The van der Waals surface area contributed by atoms with Crippen molar-refractivity contribution in [1.29, 1.82) is 0 Å². The first-order valence-corrected chi connectivity index (χ1v) is 11.3. The molecule has 0 saturated carbocycles. The van der Waals surface area contributed by atoms with Crippen molar-refractivity contribution in [2.75, 3.05) is 46.4 Å². The maximum atomic E-state index is 12.1. The first kappa shape index (κ1) is 21.1. The number of carbonyl (C=O) groups is 1. The van der Waals surface area contributed by atoms with Crippen LogP contribution in [0.4, 0.5) is 0 Å². The number of hydrogen-bond acceptors (Lipinski definition) is 6. The Labute approximate surface area is 188 Å². The van der Waals surface area contributed by atoms with E-state index in [9.17, 15) is 4.79 Å². The van der Waals surface area contributed by atoms with E-state index in [1.165, 1.54) is 0 Å². The molecule has 0 N–H and O–H groups in total. The van der Waals surface area contributed by atoms with Gasteiger partial charge < -0.3 is 9.15 Å². The van der Waals surface area contributed by atoms with Crippen molar-refractivity contribution >= 4 is 5.78 Å². The highest BCUT2D eigenvalue weighted by Crippen LogP contribution is 2.37. The van der Waals surface area contributed by atoms with Crippen molar-refractivity contribution < 1.29 is 13.9 Å². The largest absolute Gasteiger partial charge is 0.459 e. The lowest BCUT2D eigenvalue weighted by Crippen LogP contribution is -2.46. The van der Waals surface area contributed by atoms with Gasteiger partial charge in [-0.1, -0.05) is 12.1 Å². The number of hydrogen-bond donors (Lipinski definition) is 0. The molecule has 2 aromatic heterocycles. The Morgan fingerprint density at radius 2 is 1.72 bits per heavy atom. The van der Waals surface area contributed by atoms with Crippen molar-refractivity contribution in [3.05, 3.63) is 65.7 Å². The highest BCUT2D eigenvalue weighted by Gasteiger charge is 2.23. The molecule has 5 rings (SSSR count). The summed E-state index contributed by atoms with van der Waals surface area (Å²) >= 11 is 0. The van der Waals surface area contributed by atoms with Crippen LogP contribution >= 0.6 is 0 Å². The number of aromatic nitrogens is 1. The van der Waals surface area contributed by atoms with Crippen molar-refractivity contribution in [2.45, 2.75) is 19.4 Å². The standard InChI is InChI=1S/C26H29N3O3/c1-31-15-14-28-10-12-29(13-11-28)18-22-17-24(19-6-8-27-9-7-19)26(32-22)21-2-4-23-20(16-21)3-5-25(23)30/h2,4,6-9,16-17H,3,5,10-15,18H2,1H3. The Morgan fingerprint density at radius 1 is 0.938 bits per heavy atom. The summed E-state index contributed by atoms with van der Waals surface area (Å²) in [6.45, 7) is 6.70. The summed E-state index contributed by atoms with van der Waals surface area (Å²) < 4.78 is 11.7. The number of carbonyl (C=O) groups excluding carboxylic acids is 1. The Balaban J connectivity index is 1.40. The molecule has 1 aromatic carbocycles. The smallest absolute Gasteiger partial charge is 0.163 e. The lowest BCUT2D eigenvalue weighted by molar-refractivity contribution is 0.0906. The predicted octanol–water partition coefficient (Wildman–Crippen LogP) is 3.90. The third-order valence-corrected chi connectivity index (χ3v) is 6.52. The zero-order valence-corrected chi connectivity index (χ0v) is 18.5. The number of Topliss-reactive ketones (excluding diaryl/α,β-unsaturated/α-hetero) is 1. The molecule has 3 heterocycles. The molecule has 0 atom stereocenters. The van der Waals surface area contributed by atoms with Crippen LogP contribution < -0.4 is 0 Å². The fraction of sp³-hybridized carbons (Fsp3) is 0.385. The van der Waals surface area contributed by atoms with E-state index in [2.05, 4.69) is 26.9 Å². The Hall–Kier alpha value is -2.80. The molecule has 1 aliphatic carbocycles. The van der Waals surface area contributed by atoms with Gasteiger partial charge in [0.05, 0.1) is 13.2 Å². The minimum Gasteiger partial charge on any atom is -0.459 e. The van der Waals surface area contributed by atoms with Crippen LogP contribution in [0.1, 0.15) is 28.1 Å². The first-order chi connectivity index (χ1) is 15.7. The minimum absolute atomic E-state index is 0.241. The van der Waals surface area contributed by atoms with Crippen LogP contribution in [0.2, 0.25) is 0 Å². The number of nitrogens with zero attached hydrogens (tertiary/aromatic N) is 3. The van der Waals surface area contributed by atoms with Gasteiger partial charge in [0.1, 0.15) is 11.5 Å². The normalized spacial score (nSPS) is 17.1. The highest BCUT2D eigenvalue weighted by molar-refractivity contribution is 6.01. The number of piperazine rings is 1. The third-order valence-electron chi connectivity index (χ3n) is 6.52. The zero-order chi connectivity index (χ0) is 21.9. The molecule has 1 fully saturated rings. The summed E-state index contributed by atoms with van der Waals surface area (Å²) in [5, 5.41) is 0. The summed E-state index contributed by atoms with van der Waals surface area (Å²) in [5.74, 6) is 2.08. The van der Waals surface area contributed by atoms with Gasteiger partial charge in [-0.3, -0.25) is 19.6 Å². The van der Waals surface area contributed by atoms with Crippen LogP contribution in [0.25, 0.3) is 22.5 Å². The van der Waals surface area contributed by atoms with E-state index in [0.29, 0.717) is 6.42 Å². The molecule has 32 heavy (non-hydrogen) atoms. The van der Waals surface area contributed by atoms with Gasteiger partial charge in [-0.05, 0) is 41.8 Å². The summed E-state index contributed by atoms with van der Waals surface area (Å²) in [5.41, 5.74) is 5.17. The number of ether oxygens (including phenoxy) is 1. The van der Waals surface area contributed by atoms with Crippen LogP contribution in [-0.2, 0) is 17.7 Å². The van der Waals surface area contributed by atoms with E-state index in [4.69, 9.17) is 9.15 Å². The number of ketones is 1. The predicted molar refractivity (Wildman–Crippen MR) is 124 cm³/mol. The van der Waals surface area contributed by atoms with Gasteiger partial charge in [0, 0.05) is 75.3 Å². The molecule has 1 aliphatic heterocycles. The second kappa shape index (κ2) is 9.36. The van der Waals surface area contributed by atoms with Gasteiger partial charge in [-0.15, -0.1) is 0 Å². The third kappa shape index (κ3) is 4.39. The number of aryl methyl sites for hydroxylation is 1. The molecule has 0 unspecified atom stereocenters. The summed E-state index contributed by atoms with van der Waals surface area (Å²) in [6, 6.07) is 12.3. The SMILES string of the molecule is COCCN1CCN(Cc2cc(-c3ccncc3)c(-c3ccc4c(c3)CCC4=O)o2)CC1. The molecule has 2 aliphatic rings. The molecule has 0 spiro atoms. The van der Waals surface area contributed by atoms with Crippen LogP contribution in [0.5, 0.6) is 0 Å². The van der Waals surface area contributed by atoms with Crippen molar-refractivity contribution in [1.82, 2.24) is 14.8 Å². The lowest BCUT2D eigenvalue weighted by atomic mass is 9.99. The lowest BCUT2D eigenvalue weighted by Gasteiger charge is -2.34. The van der Waals surface area contributed by atoms with Crippen molar-refractivity contribution in [3.8, 4) is 22.5 Å². The fourth-order valence-corrected chi connectivity index (χ4v) is 4.69. The van der Waals surface area contributed by atoms with Crippen LogP contribution in [0.15, 0.2) is 53.2 Å². The molecule has 0 bridgehead atoms. The molecule has 6 heteroatoms. The van der Waals surface area contributed by atoms with E-state index in [0.717, 1.165) is 91.6 Å². The average molecular weight is 432 g/mol. The summed E-state index contributed by atoms with van der Waals surface area (Å²) in [6.07, 6.45) is 5.04. The quantitative estimate of drug-likeness (QED) is 0.566. The molecule has 0 radical (unpaired) electrons. The van der Waals surface area contributed by atoms with E-state index in [-0.39, 0.29) is 5.78 Å². The van der Waals surface area contributed by atoms with E-state index in [1.807, 2.05) is 36.7 Å². The number of pyridine rings is 1. The van der Waals surface area contributed by atoms with Gasteiger partial charge in [0.15, 0.2) is 5.78 Å². The summed E-state index contributed by atoms with van der Waals surface area (Å²) in [4.78, 5) is 21.1. The monoisotopic (exact) mass is 431 g/mol. The van der Waals surface area contributed by atoms with Gasteiger partial charge in [0.2, 0.25) is 0 Å². The molecule has 166 valence electrons. The molecule has 6 nitrogen and oxygen atoms in total. The first-order valence-electron chi connectivity index (χ1n) is 11.3. The van der Waals surface area contributed by atoms with E-state index >= 15 is 0 Å². The Bertz CT molecular complexity index is 1080.